The summed E-state index contributed by atoms with van der Waals surface area (Å²) in [5.41, 5.74) is 0.909. The van der Waals surface area contributed by atoms with Gasteiger partial charge in [0.2, 0.25) is 0 Å². The number of ether oxygens (including phenoxy) is 1. The van der Waals surface area contributed by atoms with E-state index in [2.05, 4.69) is 4.52 Å². The normalized spacial score (nSPS) is 21.0. The first-order valence-corrected chi connectivity index (χ1v) is 8.63. The number of carbonyl (C=O) groups excluding carboxylic acids is 1. The summed E-state index contributed by atoms with van der Waals surface area (Å²) in [5.74, 6) is 0. The minimum atomic E-state index is -3.63. The Kier molecular flexibility index (Phi) is 5.39. The molecule has 2 rings (SSSR count). The van der Waals surface area contributed by atoms with Crippen LogP contribution in [0.5, 0.6) is 0 Å². The summed E-state index contributed by atoms with van der Waals surface area (Å²) >= 11 is 0. The van der Waals surface area contributed by atoms with Crippen molar-refractivity contribution >= 4 is 13.7 Å². The number of benzene rings is 1. The molecule has 1 unspecified atom stereocenters. The fourth-order valence-corrected chi connectivity index (χ4v) is 3.47. The van der Waals surface area contributed by atoms with Crippen molar-refractivity contribution in [1.82, 2.24) is 4.90 Å². The number of carbonyl (C=O) groups is 1. The van der Waals surface area contributed by atoms with E-state index in [9.17, 15) is 14.3 Å². The standard InChI is InChI=1S/C14H20NO5P/c1-19-21(17,18)11-13-8-5-9-15(13)14(16)20-10-12-6-3-2-4-7-12/h2-4,6-7,13H,5,8-11H2,1H3,(H,17,18)/t13-/m0/s1. The van der Waals surface area contributed by atoms with Gasteiger partial charge in [-0.25, -0.2) is 4.79 Å². The lowest BCUT2D eigenvalue weighted by atomic mass is 10.2. The van der Waals surface area contributed by atoms with Crippen LogP contribution < -0.4 is 0 Å². The summed E-state index contributed by atoms with van der Waals surface area (Å²) in [6.07, 6.45) is 0.991. The van der Waals surface area contributed by atoms with Crippen LogP contribution in [0.2, 0.25) is 0 Å². The molecule has 1 aliphatic heterocycles. The van der Waals surface area contributed by atoms with Gasteiger partial charge in [-0.2, -0.15) is 0 Å². The smallest absolute Gasteiger partial charge is 0.410 e. The first-order valence-electron chi connectivity index (χ1n) is 6.87. The zero-order valence-electron chi connectivity index (χ0n) is 12.0. The second-order valence-corrected chi connectivity index (χ2v) is 7.04. The minimum absolute atomic E-state index is 0.0516. The highest BCUT2D eigenvalue weighted by Gasteiger charge is 2.35. The molecular weight excluding hydrogens is 293 g/mol. The maximum absolute atomic E-state index is 12.1. The second kappa shape index (κ2) is 7.07. The van der Waals surface area contributed by atoms with Gasteiger partial charge in [0, 0.05) is 19.7 Å². The molecule has 2 atom stereocenters. The molecule has 0 aromatic heterocycles. The Hall–Kier alpha value is -1.36. The highest BCUT2D eigenvalue weighted by Crippen LogP contribution is 2.43. The van der Waals surface area contributed by atoms with Gasteiger partial charge in [0.15, 0.2) is 0 Å². The summed E-state index contributed by atoms with van der Waals surface area (Å²) < 4.78 is 21.5. The lowest BCUT2D eigenvalue weighted by Gasteiger charge is -2.25. The van der Waals surface area contributed by atoms with Crippen LogP contribution in [0.1, 0.15) is 18.4 Å². The maximum atomic E-state index is 12.1. The Labute approximate surface area is 124 Å². The Morgan fingerprint density at radius 1 is 1.43 bits per heavy atom. The SMILES string of the molecule is COP(=O)(O)C[C@@H]1CCCN1C(=O)OCc1ccccc1. The number of likely N-dealkylation sites (tertiary alicyclic amines) is 1. The van der Waals surface area contributed by atoms with Crippen LogP contribution in [0.15, 0.2) is 30.3 Å². The molecule has 1 aliphatic rings. The van der Waals surface area contributed by atoms with Crippen LogP contribution in [0.4, 0.5) is 4.79 Å². The van der Waals surface area contributed by atoms with E-state index >= 15 is 0 Å². The molecule has 6 nitrogen and oxygen atoms in total. The minimum Gasteiger partial charge on any atom is -0.445 e. The van der Waals surface area contributed by atoms with Gasteiger partial charge >= 0.3 is 13.7 Å². The van der Waals surface area contributed by atoms with Crippen molar-refractivity contribution in [2.75, 3.05) is 19.8 Å². The summed E-state index contributed by atoms with van der Waals surface area (Å²) in [7, 11) is -2.42. The fourth-order valence-electron chi connectivity index (χ4n) is 2.41. The molecular formula is C14H20NO5P. The van der Waals surface area contributed by atoms with E-state index in [1.165, 1.54) is 12.0 Å². The van der Waals surface area contributed by atoms with E-state index in [0.29, 0.717) is 13.0 Å². The van der Waals surface area contributed by atoms with Gasteiger partial charge in [0.1, 0.15) is 6.61 Å². The molecule has 0 aliphatic carbocycles. The lowest BCUT2D eigenvalue weighted by Crippen LogP contribution is -2.38. The topological polar surface area (TPSA) is 76.1 Å². The molecule has 0 spiro atoms. The number of hydrogen-bond acceptors (Lipinski definition) is 4. The molecule has 1 aromatic rings. The molecule has 1 heterocycles. The van der Waals surface area contributed by atoms with E-state index in [-0.39, 0.29) is 18.8 Å². The molecule has 1 fully saturated rings. The zero-order valence-corrected chi connectivity index (χ0v) is 12.9. The van der Waals surface area contributed by atoms with Crippen LogP contribution in [0, 0.1) is 0 Å². The van der Waals surface area contributed by atoms with E-state index in [0.717, 1.165) is 12.0 Å². The largest absolute Gasteiger partial charge is 0.445 e. The molecule has 0 bridgehead atoms. The number of nitrogens with zero attached hydrogens (tertiary/aromatic N) is 1. The third-order valence-corrected chi connectivity index (χ3v) is 5.00. The molecule has 21 heavy (non-hydrogen) atoms. The Balaban J connectivity index is 1.90. The van der Waals surface area contributed by atoms with E-state index < -0.39 is 13.7 Å². The summed E-state index contributed by atoms with van der Waals surface area (Å²) in [5, 5.41) is 0. The lowest BCUT2D eigenvalue weighted by molar-refractivity contribution is 0.0941. The van der Waals surface area contributed by atoms with Crippen molar-refractivity contribution < 1.29 is 23.5 Å². The Bertz CT molecular complexity index is 521. The Morgan fingerprint density at radius 3 is 2.81 bits per heavy atom. The number of hydrogen-bond donors (Lipinski definition) is 1. The summed E-state index contributed by atoms with van der Waals surface area (Å²) in [4.78, 5) is 23.2. The first-order chi connectivity index (χ1) is 10.0. The fraction of sp³-hybridized carbons (Fsp3) is 0.500. The highest BCUT2D eigenvalue weighted by molar-refractivity contribution is 7.52. The van der Waals surface area contributed by atoms with E-state index in [1.54, 1.807) is 0 Å². The molecule has 1 amide bonds. The molecule has 0 saturated carbocycles. The van der Waals surface area contributed by atoms with Gasteiger partial charge < -0.3 is 19.1 Å². The van der Waals surface area contributed by atoms with Gasteiger partial charge in [-0.3, -0.25) is 4.57 Å². The summed E-state index contributed by atoms with van der Waals surface area (Å²) in [6, 6.07) is 9.10. The quantitative estimate of drug-likeness (QED) is 0.846. The second-order valence-electron chi connectivity index (χ2n) is 5.03. The van der Waals surface area contributed by atoms with Crippen molar-refractivity contribution in [2.24, 2.45) is 0 Å². The predicted octanol–water partition coefficient (Wildman–Crippen LogP) is 2.62. The number of amides is 1. The maximum Gasteiger partial charge on any atom is 0.410 e. The highest BCUT2D eigenvalue weighted by atomic mass is 31.2. The monoisotopic (exact) mass is 313 g/mol. The molecule has 7 heteroatoms. The van der Waals surface area contributed by atoms with E-state index in [4.69, 9.17) is 4.74 Å². The van der Waals surface area contributed by atoms with Crippen LogP contribution in [0.3, 0.4) is 0 Å². The van der Waals surface area contributed by atoms with Crippen molar-refractivity contribution in [3.8, 4) is 0 Å². The molecule has 1 saturated heterocycles. The van der Waals surface area contributed by atoms with Gasteiger partial charge in [0.05, 0.1) is 6.16 Å². The first kappa shape index (κ1) is 16.0. The third-order valence-electron chi connectivity index (χ3n) is 3.54. The molecule has 1 aromatic carbocycles. The van der Waals surface area contributed by atoms with Gasteiger partial charge in [-0.1, -0.05) is 30.3 Å². The van der Waals surface area contributed by atoms with Crippen LogP contribution >= 0.6 is 7.60 Å². The average molecular weight is 313 g/mol. The third kappa shape index (κ3) is 4.56. The van der Waals surface area contributed by atoms with E-state index in [1.807, 2.05) is 30.3 Å². The van der Waals surface area contributed by atoms with Crippen molar-refractivity contribution in [1.29, 1.82) is 0 Å². The predicted molar refractivity (Wildman–Crippen MR) is 78.1 cm³/mol. The molecule has 0 radical (unpaired) electrons. The molecule has 116 valence electrons. The van der Waals surface area contributed by atoms with Crippen LogP contribution in [-0.4, -0.2) is 41.7 Å². The zero-order chi connectivity index (χ0) is 15.3. The molecule has 1 N–H and O–H groups in total. The van der Waals surface area contributed by atoms with Gasteiger partial charge in [0.25, 0.3) is 0 Å². The van der Waals surface area contributed by atoms with Crippen LogP contribution in [-0.2, 0) is 20.4 Å². The van der Waals surface area contributed by atoms with Gasteiger partial charge in [-0.05, 0) is 18.4 Å². The number of rotatable bonds is 5. The van der Waals surface area contributed by atoms with Crippen molar-refractivity contribution in [3.05, 3.63) is 35.9 Å². The van der Waals surface area contributed by atoms with Crippen molar-refractivity contribution in [3.63, 3.8) is 0 Å². The van der Waals surface area contributed by atoms with Crippen molar-refractivity contribution in [2.45, 2.75) is 25.5 Å². The Morgan fingerprint density at radius 2 is 2.14 bits per heavy atom. The average Bonchev–Trinajstić information content (AvgIpc) is 2.93. The van der Waals surface area contributed by atoms with Crippen LogP contribution in [0.25, 0.3) is 0 Å². The summed E-state index contributed by atoms with van der Waals surface area (Å²) in [6.45, 7) is 0.742. The van der Waals surface area contributed by atoms with Gasteiger partial charge in [-0.15, -0.1) is 0 Å².